The molecular formula is C21H22N2O3S2. The molecule has 0 spiro atoms. The van der Waals surface area contributed by atoms with Crippen molar-refractivity contribution >= 4 is 34.6 Å². The molecule has 4 rings (SSSR count). The molecular weight excluding hydrogens is 392 g/mol. The summed E-state index contributed by atoms with van der Waals surface area (Å²) in [6, 6.07) is 7.91. The van der Waals surface area contributed by atoms with Gasteiger partial charge in [0.1, 0.15) is 5.00 Å². The second kappa shape index (κ2) is 8.75. The van der Waals surface area contributed by atoms with E-state index in [2.05, 4.69) is 5.32 Å². The van der Waals surface area contributed by atoms with Gasteiger partial charge in [-0.1, -0.05) is 6.07 Å². The normalized spacial score (nSPS) is 13.1. The van der Waals surface area contributed by atoms with Crippen LogP contribution in [0.4, 0.5) is 0 Å². The number of carbonyl (C=O) groups excluding carboxylic acids is 2. The van der Waals surface area contributed by atoms with Crippen molar-refractivity contribution in [1.29, 1.82) is 0 Å². The lowest BCUT2D eigenvalue weighted by atomic mass is 9.95. The summed E-state index contributed by atoms with van der Waals surface area (Å²) in [4.78, 5) is 27.4. The van der Waals surface area contributed by atoms with Crippen LogP contribution in [-0.4, -0.2) is 29.6 Å². The van der Waals surface area contributed by atoms with Crippen molar-refractivity contribution in [2.45, 2.75) is 32.1 Å². The molecule has 0 unspecified atom stereocenters. The molecule has 1 amide bonds. The van der Waals surface area contributed by atoms with E-state index >= 15 is 0 Å². The smallest absolute Gasteiger partial charge is 0.341 e. The van der Waals surface area contributed by atoms with Crippen LogP contribution in [0.3, 0.4) is 0 Å². The average Bonchev–Trinajstić information content (AvgIpc) is 3.46. The molecule has 28 heavy (non-hydrogen) atoms. The van der Waals surface area contributed by atoms with Gasteiger partial charge < -0.3 is 14.6 Å². The number of hydrogen-bond acceptors (Lipinski definition) is 5. The molecule has 3 heterocycles. The quantitative estimate of drug-likeness (QED) is 0.595. The fraction of sp³-hybridized carbons (Fsp3) is 0.333. The highest BCUT2D eigenvalue weighted by Gasteiger charge is 2.27. The van der Waals surface area contributed by atoms with Crippen molar-refractivity contribution in [2.24, 2.45) is 0 Å². The Morgan fingerprint density at radius 1 is 1.14 bits per heavy atom. The van der Waals surface area contributed by atoms with Gasteiger partial charge in [-0.15, -0.1) is 22.7 Å². The van der Waals surface area contributed by atoms with Crippen LogP contribution in [0.2, 0.25) is 0 Å². The molecule has 0 aromatic carbocycles. The number of aryl methyl sites for hydroxylation is 1. The molecule has 146 valence electrons. The SMILES string of the molecule is O=C(COC(=O)c1c(-n2cccc2)sc2c1CCCC2)NCCc1cccs1. The zero-order chi connectivity index (χ0) is 19.3. The van der Waals surface area contributed by atoms with Crippen LogP contribution in [0.5, 0.6) is 0 Å². The lowest BCUT2D eigenvalue weighted by Gasteiger charge is -2.13. The predicted octanol–water partition coefficient (Wildman–Crippen LogP) is 3.99. The third-order valence-corrected chi connectivity index (χ3v) is 7.05. The Labute approximate surface area is 172 Å². The van der Waals surface area contributed by atoms with Crippen LogP contribution in [0.1, 0.15) is 38.5 Å². The molecule has 1 aliphatic rings. The van der Waals surface area contributed by atoms with E-state index in [1.807, 2.05) is 46.6 Å². The van der Waals surface area contributed by atoms with Gasteiger partial charge >= 0.3 is 5.97 Å². The zero-order valence-corrected chi connectivity index (χ0v) is 17.1. The lowest BCUT2D eigenvalue weighted by Crippen LogP contribution is -2.30. The van der Waals surface area contributed by atoms with E-state index in [1.54, 1.807) is 22.7 Å². The summed E-state index contributed by atoms with van der Waals surface area (Å²) >= 11 is 3.32. The Morgan fingerprint density at radius 3 is 2.75 bits per heavy atom. The summed E-state index contributed by atoms with van der Waals surface area (Å²) in [7, 11) is 0. The number of hydrogen-bond donors (Lipinski definition) is 1. The minimum absolute atomic E-state index is 0.251. The maximum atomic E-state index is 12.9. The molecule has 1 N–H and O–H groups in total. The first-order chi connectivity index (χ1) is 13.7. The van der Waals surface area contributed by atoms with Gasteiger partial charge in [-0.25, -0.2) is 4.79 Å². The topological polar surface area (TPSA) is 60.3 Å². The summed E-state index contributed by atoms with van der Waals surface area (Å²) in [6.07, 6.45) is 8.79. The fourth-order valence-electron chi connectivity index (χ4n) is 3.45. The highest BCUT2D eigenvalue weighted by molar-refractivity contribution is 7.15. The number of thiophene rings is 2. The van der Waals surface area contributed by atoms with Crippen molar-refractivity contribution in [3.8, 4) is 5.00 Å². The molecule has 5 nitrogen and oxygen atoms in total. The van der Waals surface area contributed by atoms with Crippen LogP contribution < -0.4 is 5.32 Å². The van der Waals surface area contributed by atoms with Gasteiger partial charge in [0.05, 0.1) is 5.56 Å². The minimum Gasteiger partial charge on any atom is -0.452 e. The number of amides is 1. The van der Waals surface area contributed by atoms with Gasteiger partial charge in [0.15, 0.2) is 6.61 Å². The van der Waals surface area contributed by atoms with Crippen molar-refractivity contribution in [3.05, 3.63) is 62.9 Å². The summed E-state index contributed by atoms with van der Waals surface area (Å²) < 4.78 is 7.34. The first kappa shape index (κ1) is 19.0. The van der Waals surface area contributed by atoms with E-state index in [4.69, 9.17) is 4.74 Å². The van der Waals surface area contributed by atoms with E-state index in [1.165, 1.54) is 9.75 Å². The van der Waals surface area contributed by atoms with E-state index in [9.17, 15) is 9.59 Å². The Bertz CT molecular complexity index is 943. The van der Waals surface area contributed by atoms with Crippen LogP contribution in [-0.2, 0) is 28.8 Å². The third kappa shape index (κ3) is 4.20. The molecule has 0 atom stereocenters. The number of nitrogens with zero attached hydrogens (tertiary/aromatic N) is 1. The van der Waals surface area contributed by atoms with E-state index in [0.29, 0.717) is 12.1 Å². The molecule has 3 aromatic heterocycles. The van der Waals surface area contributed by atoms with Crippen molar-refractivity contribution in [1.82, 2.24) is 9.88 Å². The van der Waals surface area contributed by atoms with Gasteiger partial charge in [-0.2, -0.15) is 0 Å². The van der Waals surface area contributed by atoms with Crippen LogP contribution >= 0.6 is 22.7 Å². The highest BCUT2D eigenvalue weighted by atomic mass is 32.1. The zero-order valence-electron chi connectivity index (χ0n) is 15.5. The van der Waals surface area contributed by atoms with Crippen molar-refractivity contribution in [3.63, 3.8) is 0 Å². The van der Waals surface area contributed by atoms with E-state index in [0.717, 1.165) is 42.7 Å². The number of fused-ring (bicyclic) bond motifs is 1. The minimum atomic E-state index is -0.406. The molecule has 0 fully saturated rings. The van der Waals surface area contributed by atoms with Gasteiger partial charge in [0, 0.05) is 28.7 Å². The van der Waals surface area contributed by atoms with Crippen LogP contribution in [0.25, 0.3) is 5.00 Å². The maximum Gasteiger partial charge on any atom is 0.341 e. The monoisotopic (exact) mass is 414 g/mol. The standard InChI is InChI=1S/C21H22N2O3S2/c24-18(22-10-9-15-6-5-13-27-15)14-26-21(25)19-16-7-1-2-8-17(16)28-20(19)23-11-3-4-12-23/h3-6,11-13H,1-2,7-10,14H2,(H,22,24). The predicted molar refractivity (Wildman–Crippen MR) is 112 cm³/mol. The molecule has 0 bridgehead atoms. The average molecular weight is 415 g/mol. The summed E-state index contributed by atoms with van der Waals surface area (Å²) in [5.74, 6) is -0.673. The van der Waals surface area contributed by atoms with Crippen LogP contribution in [0.15, 0.2) is 42.0 Å². The second-order valence-corrected chi connectivity index (χ2v) is 8.85. The molecule has 3 aromatic rings. The van der Waals surface area contributed by atoms with Gasteiger partial charge in [0.25, 0.3) is 5.91 Å². The molecule has 0 radical (unpaired) electrons. The number of nitrogens with one attached hydrogen (secondary N) is 1. The highest BCUT2D eigenvalue weighted by Crippen LogP contribution is 2.37. The number of carbonyl (C=O) groups is 2. The van der Waals surface area contributed by atoms with Gasteiger partial charge in [-0.05, 0) is 61.2 Å². The fourth-order valence-corrected chi connectivity index (χ4v) is 5.50. The Balaban J connectivity index is 1.40. The van der Waals surface area contributed by atoms with Crippen LogP contribution in [0, 0.1) is 0 Å². The Kier molecular flexibility index (Phi) is 5.92. The molecule has 0 aliphatic heterocycles. The molecule has 7 heteroatoms. The number of ether oxygens (including phenoxy) is 1. The summed E-state index contributed by atoms with van der Waals surface area (Å²) in [6.45, 7) is 0.290. The van der Waals surface area contributed by atoms with Crippen molar-refractivity contribution < 1.29 is 14.3 Å². The first-order valence-electron chi connectivity index (χ1n) is 9.46. The van der Waals surface area contributed by atoms with Gasteiger partial charge in [0.2, 0.25) is 0 Å². The van der Waals surface area contributed by atoms with E-state index in [-0.39, 0.29) is 12.5 Å². The molecule has 0 saturated heterocycles. The number of esters is 1. The lowest BCUT2D eigenvalue weighted by molar-refractivity contribution is -0.124. The summed E-state index contributed by atoms with van der Waals surface area (Å²) in [5, 5.41) is 5.72. The molecule has 1 aliphatic carbocycles. The Hall–Kier alpha value is -2.38. The maximum absolute atomic E-state index is 12.9. The number of aromatic nitrogens is 1. The summed E-state index contributed by atoms with van der Waals surface area (Å²) in [5.41, 5.74) is 1.73. The van der Waals surface area contributed by atoms with E-state index < -0.39 is 5.97 Å². The third-order valence-electron chi connectivity index (χ3n) is 4.80. The molecule has 0 saturated carbocycles. The Morgan fingerprint density at radius 2 is 1.96 bits per heavy atom. The largest absolute Gasteiger partial charge is 0.452 e. The second-order valence-electron chi connectivity index (χ2n) is 6.74. The number of rotatable bonds is 7. The van der Waals surface area contributed by atoms with Crippen molar-refractivity contribution in [2.75, 3.05) is 13.2 Å². The van der Waals surface area contributed by atoms with Gasteiger partial charge in [-0.3, -0.25) is 4.79 Å². The first-order valence-corrected chi connectivity index (χ1v) is 11.2.